The van der Waals surface area contributed by atoms with E-state index in [1.807, 2.05) is 0 Å². The number of carbonyl (C=O) groups is 1. The number of aryl methyl sites for hydroxylation is 1. The number of rotatable bonds is 4. The Morgan fingerprint density at radius 2 is 2.06 bits per heavy atom. The van der Waals surface area contributed by atoms with Crippen LogP contribution in [-0.4, -0.2) is 33.7 Å². The van der Waals surface area contributed by atoms with Gasteiger partial charge in [0.2, 0.25) is 0 Å². The van der Waals surface area contributed by atoms with Crippen LogP contribution in [0.4, 0.5) is 0 Å². The Kier molecular flexibility index (Phi) is 4.25. The zero-order valence-electron chi connectivity index (χ0n) is 9.86. The molecule has 0 radical (unpaired) electrons. The zero-order chi connectivity index (χ0) is 13.1. The van der Waals surface area contributed by atoms with Crippen LogP contribution in [0.15, 0.2) is 23.1 Å². The van der Waals surface area contributed by atoms with Gasteiger partial charge < -0.3 is 11.1 Å². The molecule has 1 rings (SSSR count). The van der Waals surface area contributed by atoms with E-state index >= 15 is 0 Å². The third-order valence-corrected chi connectivity index (χ3v) is 3.52. The monoisotopic (exact) mass is 256 g/mol. The number of sulfone groups is 1. The topological polar surface area (TPSA) is 89.3 Å². The highest BCUT2D eigenvalue weighted by atomic mass is 32.2. The highest BCUT2D eigenvalue weighted by molar-refractivity contribution is 7.90. The van der Waals surface area contributed by atoms with E-state index in [1.165, 1.54) is 6.07 Å². The van der Waals surface area contributed by atoms with Crippen molar-refractivity contribution in [3.63, 3.8) is 0 Å². The van der Waals surface area contributed by atoms with Gasteiger partial charge >= 0.3 is 0 Å². The molecule has 5 nitrogen and oxygen atoms in total. The Morgan fingerprint density at radius 1 is 1.41 bits per heavy atom. The molecule has 0 aliphatic heterocycles. The normalized spacial score (nSPS) is 11.2. The molecule has 1 aromatic carbocycles. The van der Waals surface area contributed by atoms with Crippen molar-refractivity contribution in [1.82, 2.24) is 5.32 Å². The van der Waals surface area contributed by atoms with Crippen LogP contribution in [-0.2, 0) is 9.84 Å². The van der Waals surface area contributed by atoms with Crippen LogP contribution in [0.3, 0.4) is 0 Å². The lowest BCUT2D eigenvalue weighted by Gasteiger charge is -2.07. The molecule has 0 aromatic heterocycles. The summed E-state index contributed by atoms with van der Waals surface area (Å²) in [6.45, 7) is 2.40. The fourth-order valence-corrected chi connectivity index (χ4v) is 2.42. The van der Waals surface area contributed by atoms with Crippen LogP contribution in [0.2, 0.25) is 0 Å². The molecule has 0 unspecified atom stereocenters. The summed E-state index contributed by atoms with van der Waals surface area (Å²) in [5.74, 6) is -0.319. The lowest BCUT2D eigenvalue weighted by molar-refractivity contribution is 0.0954. The molecule has 6 heteroatoms. The fraction of sp³-hybridized carbons (Fsp3) is 0.364. The largest absolute Gasteiger partial charge is 0.351 e. The number of amides is 1. The van der Waals surface area contributed by atoms with E-state index in [9.17, 15) is 13.2 Å². The molecule has 94 valence electrons. The zero-order valence-corrected chi connectivity index (χ0v) is 10.7. The van der Waals surface area contributed by atoms with Gasteiger partial charge in [0.1, 0.15) is 0 Å². The molecule has 1 aromatic rings. The summed E-state index contributed by atoms with van der Waals surface area (Å²) in [7, 11) is -3.31. The molecule has 0 aliphatic carbocycles. The lowest BCUT2D eigenvalue weighted by atomic mass is 10.1. The van der Waals surface area contributed by atoms with Crippen LogP contribution in [0.5, 0.6) is 0 Å². The molecule has 0 spiro atoms. The first kappa shape index (κ1) is 13.7. The van der Waals surface area contributed by atoms with Crippen molar-refractivity contribution in [3.05, 3.63) is 29.3 Å². The molecule has 0 aliphatic rings. The average molecular weight is 256 g/mol. The van der Waals surface area contributed by atoms with Crippen LogP contribution in [0.25, 0.3) is 0 Å². The molecule has 0 fully saturated rings. The van der Waals surface area contributed by atoms with Gasteiger partial charge in [0.05, 0.1) is 4.90 Å². The Morgan fingerprint density at radius 3 is 2.59 bits per heavy atom. The first-order valence-corrected chi connectivity index (χ1v) is 7.04. The standard InChI is InChI=1S/C11H16N2O3S/c1-8-3-4-9(11(14)13-6-5-12)7-10(8)17(2,15)16/h3-4,7H,5-6,12H2,1-2H3,(H,13,14). The minimum absolute atomic E-state index is 0.179. The summed E-state index contributed by atoms with van der Waals surface area (Å²) in [4.78, 5) is 11.8. The maximum atomic E-state index is 11.6. The van der Waals surface area contributed by atoms with Crippen molar-refractivity contribution in [2.75, 3.05) is 19.3 Å². The first-order valence-electron chi connectivity index (χ1n) is 5.15. The summed E-state index contributed by atoms with van der Waals surface area (Å²) >= 11 is 0. The van der Waals surface area contributed by atoms with E-state index in [1.54, 1.807) is 19.1 Å². The summed E-state index contributed by atoms with van der Waals surface area (Å²) in [6, 6.07) is 4.60. The molecular weight excluding hydrogens is 240 g/mol. The summed E-state index contributed by atoms with van der Waals surface area (Å²) in [6.07, 6.45) is 1.12. The number of carbonyl (C=O) groups excluding carboxylic acids is 1. The molecule has 3 N–H and O–H groups in total. The van der Waals surface area contributed by atoms with Gasteiger partial charge in [0.15, 0.2) is 9.84 Å². The van der Waals surface area contributed by atoms with Crippen LogP contribution in [0, 0.1) is 6.92 Å². The van der Waals surface area contributed by atoms with Crippen molar-refractivity contribution in [1.29, 1.82) is 0 Å². The molecule has 0 saturated heterocycles. The van der Waals surface area contributed by atoms with Gasteiger partial charge in [-0.15, -0.1) is 0 Å². The Balaban J connectivity index is 3.09. The second-order valence-corrected chi connectivity index (χ2v) is 5.78. The van der Waals surface area contributed by atoms with Gasteiger partial charge in [-0.2, -0.15) is 0 Å². The van der Waals surface area contributed by atoms with E-state index < -0.39 is 9.84 Å². The highest BCUT2D eigenvalue weighted by Gasteiger charge is 2.14. The van der Waals surface area contributed by atoms with Gasteiger partial charge in [0, 0.05) is 24.9 Å². The number of benzene rings is 1. The van der Waals surface area contributed by atoms with Gasteiger partial charge in [0.25, 0.3) is 5.91 Å². The third-order valence-electron chi connectivity index (χ3n) is 2.28. The Hall–Kier alpha value is -1.40. The number of hydrogen-bond donors (Lipinski definition) is 2. The van der Waals surface area contributed by atoms with Crippen molar-refractivity contribution in [3.8, 4) is 0 Å². The minimum atomic E-state index is -3.31. The predicted octanol–water partition coefficient (Wildman–Crippen LogP) is 0.0870. The van der Waals surface area contributed by atoms with Crippen LogP contribution >= 0.6 is 0 Å². The fourth-order valence-electron chi connectivity index (χ4n) is 1.43. The second-order valence-electron chi connectivity index (χ2n) is 3.80. The molecule has 1 amide bonds. The quantitative estimate of drug-likeness (QED) is 0.798. The lowest BCUT2D eigenvalue weighted by Crippen LogP contribution is -2.29. The first-order chi connectivity index (χ1) is 7.86. The van der Waals surface area contributed by atoms with E-state index in [0.717, 1.165) is 6.26 Å². The molecule has 17 heavy (non-hydrogen) atoms. The SMILES string of the molecule is Cc1ccc(C(=O)NCCN)cc1S(C)(=O)=O. The highest BCUT2D eigenvalue weighted by Crippen LogP contribution is 2.16. The second kappa shape index (κ2) is 5.29. The molecule has 0 bridgehead atoms. The smallest absolute Gasteiger partial charge is 0.251 e. The third kappa shape index (κ3) is 3.54. The number of hydrogen-bond acceptors (Lipinski definition) is 4. The molecule has 0 heterocycles. The minimum Gasteiger partial charge on any atom is -0.351 e. The average Bonchev–Trinajstić information content (AvgIpc) is 2.25. The van der Waals surface area contributed by atoms with Crippen molar-refractivity contribution >= 4 is 15.7 Å². The maximum absolute atomic E-state index is 11.6. The van der Waals surface area contributed by atoms with Crippen molar-refractivity contribution < 1.29 is 13.2 Å². The molecular formula is C11H16N2O3S. The van der Waals surface area contributed by atoms with E-state index in [0.29, 0.717) is 24.2 Å². The van der Waals surface area contributed by atoms with Gasteiger partial charge in [-0.05, 0) is 24.6 Å². The van der Waals surface area contributed by atoms with Gasteiger partial charge in [-0.3, -0.25) is 4.79 Å². The van der Waals surface area contributed by atoms with Crippen molar-refractivity contribution in [2.24, 2.45) is 5.73 Å². The Bertz CT molecular complexity index is 524. The van der Waals surface area contributed by atoms with Crippen molar-refractivity contribution in [2.45, 2.75) is 11.8 Å². The van der Waals surface area contributed by atoms with E-state index in [4.69, 9.17) is 5.73 Å². The number of nitrogens with two attached hydrogens (primary N) is 1. The predicted molar refractivity (Wildman–Crippen MR) is 65.7 cm³/mol. The summed E-state index contributed by atoms with van der Waals surface area (Å²) in [5, 5.41) is 2.59. The van der Waals surface area contributed by atoms with E-state index in [-0.39, 0.29) is 10.8 Å². The van der Waals surface area contributed by atoms with Gasteiger partial charge in [-0.1, -0.05) is 6.07 Å². The molecule has 0 saturated carbocycles. The van der Waals surface area contributed by atoms with E-state index in [2.05, 4.69) is 5.32 Å². The van der Waals surface area contributed by atoms with Gasteiger partial charge in [-0.25, -0.2) is 8.42 Å². The summed E-state index contributed by atoms with van der Waals surface area (Å²) in [5.41, 5.74) is 6.22. The summed E-state index contributed by atoms with van der Waals surface area (Å²) < 4.78 is 23.0. The van der Waals surface area contributed by atoms with Crippen LogP contribution in [0.1, 0.15) is 15.9 Å². The Labute approximate surface area is 101 Å². The maximum Gasteiger partial charge on any atom is 0.251 e. The number of nitrogens with one attached hydrogen (secondary N) is 1. The molecule has 0 atom stereocenters. The van der Waals surface area contributed by atoms with Crippen LogP contribution < -0.4 is 11.1 Å².